The Bertz CT molecular complexity index is 310. The molecule has 0 aliphatic heterocycles. The highest BCUT2D eigenvalue weighted by atomic mass is 16.3. The van der Waals surface area contributed by atoms with Crippen molar-refractivity contribution >= 4 is 11.6 Å². The van der Waals surface area contributed by atoms with E-state index in [0.717, 1.165) is 0 Å². The van der Waals surface area contributed by atoms with Crippen LogP contribution in [0.15, 0.2) is 6.20 Å². The SMILES string of the molecule is CC(CO)CNC(=O)c1[nH]ncc1N. The third-order valence-corrected chi connectivity index (χ3v) is 1.82. The first kappa shape index (κ1) is 10.5. The lowest BCUT2D eigenvalue weighted by Crippen LogP contribution is -2.30. The maximum atomic E-state index is 11.4. The Morgan fingerprint density at radius 2 is 2.57 bits per heavy atom. The van der Waals surface area contributed by atoms with Gasteiger partial charge in [0.05, 0.1) is 11.9 Å². The molecule has 1 unspecified atom stereocenters. The van der Waals surface area contributed by atoms with Crippen LogP contribution in [0.3, 0.4) is 0 Å². The van der Waals surface area contributed by atoms with Gasteiger partial charge in [0.15, 0.2) is 0 Å². The number of aromatic nitrogens is 2. The average molecular weight is 198 g/mol. The van der Waals surface area contributed by atoms with E-state index in [0.29, 0.717) is 12.2 Å². The van der Waals surface area contributed by atoms with Gasteiger partial charge in [0.2, 0.25) is 0 Å². The van der Waals surface area contributed by atoms with Crippen LogP contribution in [0.5, 0.6) is 0 Å². The Kier molecular flexibility index (Phi) is 3.47. The second-order valence-electron chi connectivity index (χ2n) is 3.20. The zero-order valence-electron chi connectivity index (χ0n) is 7.95. The van der Waals surface area contributed by atoms with Crippen molar-refractivity contribution in [2.45, 2.75) is 6.92 Å². The van der Waals surface area contributed by atoms with E-state index in [4.69, 9.17) is 10.8 Å². The molecule has 0 radical (unpaired) electrons. The molecule has 78 valence electrons. The molecule has 1 aromatic heterocycles. The monoisotopic (exact) mass is 198 g/mol. The fourth-order valence-corrected chi connectivity index (χ4v) is 0.897. The minimum atomic E-state index is -0.305. The van der Waals surface area contributed by atoms with Crippen molar-refractivity contribution in [3.05, 3.63) is 11.9 Å². The number of nitrogen functional groups attached to an aromatic ring is 1. The Morgan fingerprint density at radius 1 is 1.86 bits per heavy atom. The fraction of sp³-hybridized carbons (Fsp3) is 0.500. The third-order valence-electron chi connectivity index (χ3n) is 1.82. The highest BCUT2D eigenvalue weighted by Crippen LogP contribution is 2.05. The number of nitrogens with zero attached hydrogens (tertiary/aromatic N) is 1. The van der Waals surface area contributed by atoms with Crippen LogP contribution in [-0.2, 0) is 0 Å². The van der Waals surface area contributed by atoms with Gasteiger partial charge in [-0.2, -0.15) is 5.10 Å². The van der Waals surface area contributed by atoms with Crippen LogP contribution in [0.4, 0.5) is 5.69 Å². The lowest BCUT2D eigenvalue weighted by atomic mass is 10.2. The molecule has 0 spiro atoms. The number of nitrogens with one attached hydrogen (secondary N) is 2. The number of anilines is 1. The number of nitrogens with two attached hydrogens (primary N) is 1. The summed E-state index contributed by atoms with van der Waals surface area (Å²) in [5.41, 5.74) is 6.05. The second-order valence-corrected chi connectivity index (χ2v) is 3.20. The molecule has 0 aliphatic rings. The van der Waals surface area contributed by atoms with E-state index < -0.39 is 0 Å². The molecule has 1 heterocycles. The molecule has 1 amide bonds. The summed E-state index contributed by atoms with van der Waals surface area (Å²) in [6, 6.07) is 0. The van der Waals surface area contributed by atoms with Gasteiger partial charge in [0, 0.05) is 13.2 Å². The molecule has 0 aliphatic carbocycles. The molecule has 0 fully saturated rings. The largest absolute Gasteiger partial charge is 0.396 e. The van der Waals surface area contributed by atoms with Crippen molar-refractivity contribution in [3.63, 3.8) is 0 Å². The van der Waals surface area contributed by atoms with Crippen LogP contribution in [0.1, 0.15) is 17.4 Å². The number of hydrogen-bond acceptors (Lipinski definition) is 4. The minimum Gasteiger partial charge on any atom is -0.396 e. The van der Waals surface area contributed by atoms with Crippen molar-refractivity contribution < 1.29 is 9.90 Å². The summed E-state index contributed by atoms with van der Waals surface area (Å²) in [4.78, 5) is 11.4. The summed E-state index contributed by atoms with van der Waals surface area (Å²) in [5.74, 6) is -0.275. The van der Waals surface area contributed by atoms with Crippen LogP contribution < -0.4 is 11.1 Å². The summed E-state index contributed by atoms with van der Waals surface area (Å²) in [7, 11) is 0. The smallest absolute Gasteiger partial charge is 0.271 e. The number of hydrogen-bond donors (Lipinski definition) is 4. The Balaban J connectivity index is 2.47. The first-order valence-corrected chi connectivity index (χ1v) is 4.33. The van der Waals surface area contributed by atoms with Gasteiger partial charge in [-0.05, 0) is 5.92 Å². The first-order valence-electron chi connectivity index (χ1n) is 4.33. The maximum absolute atomic E-state index is 11.4. The highest BCUT2D eigenvalue weighted by molar-refractivity contribution is 5.96. The second kappa shape index (κ2) is 4.61. The standard InChI is InChI=1S/C8H14N4O2/c1-5(4-13)2-10-8(14)7-6(9)3-11-12-7/h3,5,13H,2,4,9H2,1H3,(H,10,14)(H,11,12). The number of carbonyl (C=O) groups excluding carboxylic acids is 1. The van der Waals surface area contributed by atoms with Gasteiger partial charge in [0.1, 0.15) is 5.69 Å². The number of H-pyrrole nitrogens is 1. The zero-order chi connectivity index (χ0) is 10.6. The Labute approximate surface area is 81.5 Å². The topological polar surface area (TPSA) is 104 Å². The quantitative estimate of drug-likeness (QED) is 0.516. The van der Waals surface area contributed by atoms with Gasteiger partial charge in [-0.1, -0.05) is 6.92 Å². The lowest BCUT2D eigenvalue weighted by molar-refractivity contribution is 0.0938. The molecule has 0 saturated carbocycles. The molecule has 5 N–H and O–H groups in total. The molecular weight excluding hydrogens is 184 g/mol. The number of aliphatic hydroxyl groups excluding tert-OH is 1. The molecule has 14 heavy (non-hydrogen) atoms. The maximum Gasteiger partial charge on any atom is 0.271 e. The van der Waals surface area contributed by atoms with E-state index in [1.165, 1.54) is 6.20 Å². The van der Waals surface area contributed by atoms with Crippen LogP contribution in [-0.4, -0.2) is 34.4 Å². The average Bonchev–Trinajstić information content (AvgIpc) is 2.60. The minimum absolute atomic E-state index is 0.0306. The summed E-state index contributed by atoms with van der Waals surface area (Å²) < 4.78 is 0. The summed E-state index contributed by atoms with van der Waals surface area (Å²) in [6.07, 6.45) is 1.38. The summed E-state index contributed by atoms with van der Waals surface area (Å²) in [5, 5.41) is 17.5. The first-order chi connectivity index (χ1) is 6.65. The van der Waals surface area contributed by atoms with E-state index in [9.17, 15) is 4.79 Å². The fourth-order valence-electron chi connectivity index (χ4n) is 0.897. The van der Waals surface area contributed by atoms with E-state index in [1.807, 2.05) is 6.92 Å². The van der Waals surface area contributed by atoms with Crippen LogP contribution in [0.2, 0.25) is 0 Å². The van der Waals surface area contributed by atoms with E-state index in [2.05, 4.69) is 15.5 Å². The Morgan fingerprint density at radius 3 is 3.07 bits per heavy atom. The van der Waals surface area contributed by atoms with Crippen LogP contribution in [0.25, 0.3) is 0 Å². The van der Waals surface area contributed by atoms with E-state index >= 15 is 0 Å². The van der Waals surface area contributed by atoms with Crippen LogP contribution in [0, 0.1) is 5.92 Å². The molecule has 6 nitrogen and oxygen atoms in total. The van der Waals surface area contributed by atoms with Gasteiger partial charge in [-0.3, -0.25) is 9.89 Å². The normalized spacial score (nSPS) is 12.4. The number of carbonyl (C=O) groups is 1. The highest BCUT2D eigenvalue weighted by Gasteiger charge is 2.11. The van der Waals surface area contributed by atoms with Crippen molar-refractivity contribution in [1.82, 2.24) is 15.5 Å². The van der Waals surface area contributed by atoms with E-state index in [1.54, 1.807) is 0 Å². The van der Waals surface area contributed by atoms with Gasteiger partial charge >= 0.3 is 0 Å². The van der Waals surface area contributed by atoms with Crippen molar-refractivity contribution in [3.8, 4) is 0 Å². The predicted octanol–water partition coefficient (Wildman–Crippen LogP) is -0.650. The molecule has 0 bridgehead atoms. The number of amides is 1. The lowest BCUT2D eigenvalue weighted by Gasteiger charge is -2.08. The molecular formula is C8H14N4O2. The number of aromatic amines is 1. The summed E-state index contributed by atoms with van der Waals surface area (Å²) in [6.45, 7) is 2.28. The molecule has 1 rings (SSSR count). The molecule has 1 aromatic rings. The molecule has 1 atom stereocenters. The predicted molar refractivity (Wildman–Crippen MR) is 51.6 cm³/mol. The van der Waals surface area contributed by atoms with E-state index in [-0.39, 0.29) is 24.1 Å². The van der Waals surface area contributed by atoms with Gasteiger partial charge in [-0.25, -0.2) is 0 Å². The van der Waals surface area contributed by atoms with Crippen molar-refractivity contribution in [1.29, 1.82) is 0 Å². The van der Waals surface area contributed by atoms with Crippen LogP contribution >= 0.6 is 0 Å². The number of rotatable bonds is 4. The van der Waals surface area contributed by atoms with Gasteiger partial charge < -0.3 is 16.2 Å². The molecule has 6 heteroatoms. The van der Waals surface area contributed by atoms with Gasteiger partial charge in [0.25, 0.3) is 5.91 Å². The van der Waals surface area contributed by atoms with Gasteiger partial charge in [-0.15, -0.1) is 0 Å². The van der Waals surface area contributed by atoms with Crippen molar-refractivity contribution in [2.75, 3.05) is 18.9 Å². The zero-order valence-corrected chi connectivity index (χ0v) is 7.95. The Hall–Kier alpha value is -1.56. The summed E-state index contributed by atoms with van der Waals surface area (Å²) >= 11 is 0. The van der Waals surface area contributed by atoms with Crippen molar-refractivity contribution in [2.24, 2.45) is 5.92 Å². The molecule has 0 saturated heterocycles. The molecule has 0 aromatic carbocycles. The number of aliphatic hydroxyl groups is 1. The third kappa shape index (κ3) is 2.46.